The molecule has 0 fully saturated rings. The molecule has 3 nitrogen and oxygen atoms in total. The van der Waals surface area contributed by atoms with Gasteiger partial charge in [-0.3, -0.25) is 5.01 Å². The summed E-state index contributed by atoms with van der Waals surface area (Å²) in [5.41, 5.74) is 4.07. The molecule has 1 aliphatic rings. The number of halogens is 2. The van der Waals surface area contributed by atoms with Crippen LogP contribution in [0.25, 0.3) is 0 Å². The van der Waals surface area contributed by atoms with Crippen molar-refractivity contribution in [1.29, 1.82) is 0 Å². The SMILES string of the molecule is COc1ccc(C2CC(c3ccc(Cl)cc3Cl)=NN2c2ccccc2)cc1. The van der Waals surface area contributed by atoms with E-state index in [1.54, 1.807) is 13.2 Å². The predicted molar refractivity (Wildman–Crippen MR) is 112 cm³/mol. The Morgan fingerprint density at radius 2 is 1.70 bits per heavy atom. The summed E-state index contributed by atoms with van der Waals surface area (Å²) in [6.45, 7) is 0. The van der Waals surface area contributed by atoms with E-state index in [1.807, 2.05) is 42.5 Å². The maximum absolute atomic E-state index is 6.44. The highest BCUT2D eigenvalue weighted by Gasteiger charge is 2.30. The average molecular weight is 397 g/mol. The van der Waals surface area contributed by atoms with Crippen molar-refractivity contribution in [3.05, 3.63) is 94.0 Å². The first-order valence-electron chi connectivity index (χ1n) is 8.67. The van der Waals surface area contributed by atoms with E-state index in [4.69, 9.17) is 33.0 Å². The van der Waals surface area contributed by atoms with Gasteiger partial charge >= 0.3 is 0 Å². The van der Waals surface area contributed by atoms with Gasteiger partial charge in [0.15, 0.2) is 0 Å². The van der Waals surface area contributed by atoms with Gasteiger partial charge in [0, 0.05) is 17.0 Å². The molecule has 0 saturated carbocycles. The third-order valence-corrected chi connectivity index (χ3v) is 5.22. The molecule has 27 heavy (non-hydrogen) atoms. The molecule has 1 heterocycles. The van der Waals surface area contributed by atoms with Crippen molar-refractivity contribution >= 4 is 34.6 Å². The maximum atomic E-state index is 6.44. The second kappa shape index (κ2) is 7.63. The van der Waals surface area contributed by atoms with Crippen molar-refractivity contribution in [3.63, 3.8) is 0 Å². The maximum Gasteiger partial charge on any atom is 0.118 e. The molecule has 0 aliphatic carbocycles. The van der Waals surface area contributed by atoms with Gasteiger partial charge in [-0.25, -0.2) is 0 Å². The van der Waals surface area contributed by atoms with Crippen LogP contribution >= 0.6 is 23.2 Å². The third-order valence-electron chi connectivity index (χ3n) is 4.67. The van der Waals surface area contributed by atoms with Gasteiger partial charge in [0.05, 0.1) is 29.6 Å². The van der Waals surface area contributed by atoms with Crippen LogP contribution in [0, 0.1) is 0 Å². The Morgan fingerprint density at radius 1 is 0.963 bits per heavy atom. The van der Waals surface area contributed by atoms with Crippen LogP contribution in [-0.4, -0.2) is 12.8 Å². The van der Waals surface area contributed by atoms with E-state index >= 15 is 0 Å². The van der Waals surface area contributed by atoms with Crippen LogP contribution in [0.4, 0.5) is 5.69 Å². The monoisotopic (exact) mass is 396 g/mol. The molecule has 0 bridgehead atoms. The van der Waals surface area contributed by atoms with Crippen molar-refractivity contribution in [1.82, 2.24) is 0 Å². The highest BCUT2D eigenvalue weighted by molar-refractivity contribution is 6.37. The first-order valence-corrected chi connectivity index (χ1v) is 9.42. The fourth-order valence-electron chi connectivity index (χ4n) is 3.30. The number of ether oxygens (including phenoxy) is 1. The Kier molecular flexibility index (Phi) is 5.06. The Bertz CT molecular complexity index is 971. The molecule has 4 rings (SSSR count). The first kappa shape index (κ1) is 17.9. The highest BCUT2D eigenvalue weighted by Crippen LogP contribution is 2.38. The van der Waals surface area contributed by atoms with Gasteiger partial charge in [-0.15, -0.1) is 0 Å². The second-order valence-corrected chi connectivity index (χ2v) is 7.19. The number of hydrazone groups is 1. The second-order valence-electron chi connectivity index (χ2n) is 6.34. The normalized spacial score (nSPS) is 16.3. The van der Waals surface area contributed by atoms with Crippen molar-refractivity contribution in [2.75, 3.05) is 12.1 Å². The third kappa shape index (κ3) is 3.66. The van der Waals surface area contributed by atoms with Gasteiger partial charge in [0.25, 0.3) is 0 Å². The van der Waals surface area contributed by atoms with E-state index in [9.17, 15) is 0 Å². The Hall–Kier alpha value is -2.49. The minimum absolute atomic E-state index is 0.0834. The molecule has 3 aromatic carbocycles. The van der Waals surface area contributed by atoms with E-state index < -0.39 is 0 Å². The van der Waals surface area contributed by atoms with Crippen LogP contribution in [0.5, 0.6) is 5.75 Å². The van der Waals surface area contributed by atoms with Crippen LogP contribution in [0.15, 0.2) is 77.9 Å². The number of hydrogen-bond acceptors (Lipinski definition) is 3. The number of benzene rings is 3. The predicted octanol–water partition coefficient (Wildman–Crippen LogP) is 6.36. The van der Waals surface area contributed by atoms with Crippen molar-refractivity contribution in [3.8, 4) is 5.75 Å². The summed E-state index contributed by atoms with van der Waals surface area (Å²) in [4.78, 5) is 0. The molecule has 0 radical (unpaired) electrons. The standard InChI is InChI=1S/C22H18Cl2N2O/c1-27-18-10-7-15(8-11-18)22-14-21(19-12-9-16(23)13-20(19)24)25-26(22)17-5-3-2-4-6-17/h2-13,22H,14H2,1H3. The zero-order chi connectivity index (χ0) is 18.8. The smallest absolute Gasteiger partial charge is 0.118 e. The van der Waals surface area contributed by atoms with Gasteiger partial charge in [-0.05, 0) is 42.0 Å². The summed E-state index contributed by atoms with van der Waals surface area (Å²) in [6, 6.07) is 23.9. The molecular formula is C22H18Cl2N2O. The van der Waals surface area contributed by atoms with E-state index in [2.05, 4.69) is 29.3 Å². The zero-order valence-corrected chi connectivity index (χ0v) is 16.3. The van der Waals surface area contributed by atoms with Gasteiger partial charge < -0.3 is 4.74 Å². The number of nitrogens with zero attached hydrogens (tertiary/aromatic N) is 2. The van der Waals surface area contributed by atoms with Crippen LogP contribution < -0.4 is 9.75 Å². The Balaban J connectivity index is 1.74. The van der Waals surface area contributed by atoms with Crippen LogP contribution in [0.1, 0.15) is 23.6 Å². The first-order chi connectivity index (χ1) is 13.2. The largest absolute Gasteiger partial charge is 0.497 e. The minimum atomic E-state index is 0.0834. The lowest BCUT2D eigenvalue weighted by Crippen LogP contribution is -2.18. The molecule has 1 unspecified atom stereocenters. The Morgan fingerprint density at radius 3 is 2.37 bits per heavy atom. The van der Waals surface area contributed by atoms with E-state index in [0.29, 0.717) is 10.0 Å². The lowest BCUT2D eigenvalue weighted by Gasteiger charge is -2.24. The highest BCUT2D eigenvalue weighted by atomic mass is 35.5. The molecule has 1 aliphatic heterocycles. The molecular weight excluding hydrogens is 379 g/mol. The minimum Gasteiger partial charge on any atom is -0.497 e. The average Bonchev–Trinajstić information content (AvgIpc) is 3.14. The molecule has 136 valence electrons. The topological polar surface area (TPSA) is 24.8 Å². The van der Waals surface area contributed by atoms with Crippen molar-refractivity contribution in [2.24, 2.45) is 5.10 Å². The molecule has 0 amide bonds. The number of methoxy groups -OCH3 is 1. The fraction of sp³-hybridized carbons (Fsp3) is 0.136. The zero-order valence-electron chi connectivity index (χ0n) is 14.8. The number of para-hydroxylation sites is 1. The van der Waals surface area contributed by atoms with E-state index in [-0.39, 0.29) is 6.04 Å². The van der Waals surface area contributed by atoms with Crippen molar-refractivity contribution < 1.29 is 4.74 Å². The van der Waals surface area contributed by atoms with Gasteiger partial charge in [-0.2, -0.15) is 5.10 Å². The van der Waals surface area contributed by atoms with Crippen LogP contribution in [0.3, 0.4) is 0 Å². The summed E-state index contributed by atoms with van der Waals surface area (Å²) in [6.07, 6.45) is 0.753. The van der Waals surface area contributed by atoms with Crippen LogP contribution in [-0.2, 0) is 0 Å². The molecule has 1 atom stereocenters. The lowest BCUT2D eigenvalue weighted by molar-refractivity contribution is 0.414. The molecule has 0 N–H and O–H groups in total. The summed E-state index contributed by atoms with van der Waals surface area (Å²) in [5, 5.41) is 8.20. The molecule has 0 spiro atoms. The molecule has 0 aromatic heterocycles. The number of anilines is 1. The fourth-order valence-corrected chi connectivity index (χ4v) is 3.82. The van der Waals surface area contributed by atoms with Gasteiger partial charge in [0.2, 0.25) is 0 Å². The van der Waals surface area contributed by atoms with Gasteiger partial charge in [0.1, 0.15) is 5.75 Å². The number of rotatable bonds is 4. The molecule has 3 aromatic rings. The number of hydrogen-bond donors (Lipinski definition) is 0. The summed E-state index contributed by atoms with van der Waals surface area (Å²) < 4.78 is 5.29. The molecule has 5 heteroatoms. The molecule has 0 saturated heterocycles. The van der Waals surface area contributed by atoms with E-state index in [0.717, 1.165) is 29.1 Å². The van der Waals surface area contributed by atoms with Crippen molar-refractivity contribution in [2.45, 2.75) is 12.5 Å². The van der Waals surface area contributed by atoms with Crippen LogP contribution in [0.2, 0.25) is 10.0 Å². The summed E-state index contributed by atoms with van der Waals surface area (Å²) >= 11 is 12.5. The lowest BCUT2D eigenvalue weighted by atomic mass is 9.98. The van der Waals surface area contributed by atoms with E-state index in [1.165, 1.54) is 5.56 Å². The summed E-state index contributed by atoms with van der Waals surface area (Å²) in [7, 11) is 1.67. The van der Waals surface area contributed by atoms with Gasteiger partial charge in [-0.1, -0.05) is 59.6 Å². The summed E-state index contributed by atoms with van der Waals surface area (Å²) in [5.74, 6) is 0.838. The Labute approximate surface area is 168 Å². The quantitative estimate of drug-likeness (QED) is 0.512.